The van der Waals surface area contributed by atoms with Crippen molar-refractivity contribution in [2.75, 3.05) is 19.4 Å². The van der Waals surface area contributed by atoms with E-state index < -0.39 is 0 Å². The third kappa shape index (κ3) is 3.48. The minimum atomic E-state index is -0.351. The fourth-order valence-electron chi connectivity index (χ4n) is 1.59. The van der Waals surface area contributed by atoms with Crippen LogP contribution in [-0.2, 0) is 9.53 Å². The van der Waals surface area contributed by atoms with Gasteiger partial charge in [0.15, 0.2) is 0 Å². The van der Waals surface area contributed by atoms with Gasteiger partial charge in [0.25, 0.3) is 5.91 Å². The molecule has 0 atom stereocenters. The molecule has 0 saturated heterocycles. The molecule has 0 bridgehead atoms. The van der Waals surface area contributed by atoms with Crippen LogP contribution in [0.25, 0.3) is 0 Å². The van der Waals surface area contributed by atoms with E-state index >= 15 is 0 Å². The zero-order chi connectivity index (χ0) is 13.7. The number of hydrogen-bond acceptors (Lipinski definition) is 4. The van der Waals surface area contributed by atoms with Crippen molar-refractivity contribution in [3.05, 3.63) is 28.8 Å². The van der Waals surface area contributed by atoms with Crippen molar-refractivity contribution in [2.45, 2.75) is 20.3 Å². The number of ether oxygens (including phenoxy) is 1. The summed E-state index contributed by atoms with van der Waals surface area (Å²) in [6.07, 6.45) is 0.155. The van der Waals surface area contributed by atoms with Gasteiger partial charge in [-0.2, -0.15) is 0 Å². The smallest absolute Gasteiger partial charge is 0.307 e. The van der Waals surface area contributed by atoms with Crippen LogP contribution in [0.2, 0.25) is 0 Å². The number of anilines is 1. The van der Waals surface area contributed by atoms with Gasteiger partial charge in [0, 0.05) is 17.8 Å². The van der Waals surface area contributed by atoms with Crippen molar-refractivity contribution in [3.63, 3.8) is 0 Å². The highest BCUT2D eigenvalue weighted by atomic mass is 16.5. The van der Waals surface area contributed by atoms with Crippen molar-refractivity contribution >= 4 is 17.6 Å². The molecule has 1 aromatic carbocycles. The molecule has 0 saturated carbocycles. The van der Waals surface area contributed by atoms with E-state index in [9.17, 15) is 9.59 Å². The van der Waals surface area contributed by atoms with Gasteiger partial charge in [-0.3, -0.25) is 9.59 Å². The second kappa shape index (κ2) is 6.05. The van der Waals surface area contributed by atoms with Crippen LogP contribution in [0, 0.1) is 13.8 Å². The number of carbonyl (C=O) groups is 2. The number of benzene rings is 1. The molecule has 18 heavy (non-hydrogen) atoms. The molecule has 0 aliphatic carbocycles. The summed E-state index contributed by atoms with van der Waals surface area (Å²) in [7, 11) is 1.31. The Balaban J connectivity index is 2.67. The molecule has 0 radical (unpaired) electrons. The molecule has 98 valence electrons. The standard InChI is InChI=1S/C13H18N2O3/c1-8-6-9(2)11(14)7-10(8)13(17)15-5-4-12(16)18-3/h6-7H,4-5,14H2,1-3H3,(H,15,17). The Labute approximate surface area is 106 Å². The Morgan fingerprint density at radius 1 is 1.28 bits per heavy atom. The van der Waals surface area contributed by atoms with Gasteiger partial charge in [-0.05, 0) is 31.0 Å². The maximum Gasteiger partial charge on any atom is 0.307 e. The highest BCUT2D eigenvalue weighted by Crippen LogP contribution is 2.17. The normalized spacial score (nSPS) is 9.94. The molecule has 3 N–H and O–H groups in total. The summed E-state index contributed by atoms with van der Waals surface area (Å²) >= 11 is 0. The van der Waals surface area contributed by atoms with Gasteiger partial charge in [0.05, 0.1) is 13.5 Å². The van der Waals surface area contributed by atoms with Crippen molar-refractivity contribution in [1.82, 2.24) is 5.32 Å². The second-order valence-corrected chi connectivity index (χ2v) is 4.11. The minimum Gasteiger partial charge on any atom is -0.469 e. The first-order valence-electron chi connectivity index (χ1n) is 5.67. The molecule has 5 heteroatoms. The van der Waals surface area contributed by atoms with Crippen molar-refractivity contribution in [2.24, 2.45) is 0 Å². The number of aryl methyl sites for hydroxylation is 2. The topological polar surface area (TPSA) is 81.4 Å². The Morgan fingerprint density at radius 2 is 1.94 bits per heavy atom. The maximum absolute atomic E-state index is 11.9. The van der Waals surface area contributed by atoms with Gasteiger partial charge in [-0.15, -0.1) is 0 Å². The zero-order valence-electron chi connectivity index (χ0n) is 10.9. The predicted molar refractivity (Wildman–Crippen MR) is 69.3 cm³/mol. The fourth-order valence-corrected chi connectivity index (χ4v) is 1.59. The van der Waals surface area contributed by atoms with Crippen molar-refractivity contribution in [3.8, 4) is 0 Å². The van der Waals surface area contributed by atoms with Crippen molar-refractivity contribution in [1.29, 1.82) is 0 Å². The quantitative estimate of drug-likeness (QED) is 0.621. The van der Waals surface area contributed by atoms with E-state index in [-0.39, 0.29) is 24.8 Å². The average Bonchev–Trinajstić information content (AvgIpc) is 2.33. The van der Waals surface area contributed by atoms with Crippen LogP contribution in [0.4, 0.5) is 5.69 Å². The molecular formula is C13H18N2O3. The van der Waals surface area contributed by atoms with Crippen LogP contribution in [0.15, 0.2) is 12.1 Å². The molecule has 0 aliphatic heterocycles. The first-order valence-corrected chi connectivity index (χ1v) is 5.67. The molecule has 1 aromatic rings. The number of esters is 1. The molecule has 0 spiro atoms. The SMILES string of the molecule is COC(=O)CCNC(=O)c1cc(N)c(C)cc1C. The Morgan fingerprint density at radius 3 is 2.56 bits per heavy atom. The lowest BCUT2D eigenvalue weighted by Crippen LogP contribution is -2.27. The van der Waals surface area contributed by atoms with Gasteiger partial charge in [-0.1, -0.05) is 6.07 Å². The Bertz CT molecular complexity index is 470. The summed E-state index contributed by atoms with van der Waals surface area (Å²) in [5.74, 6) is -0.585. The van der Waals surface area contributed by atoms with Crippen LogP contribution in [0.5, 0.6) is 0 Å². The van der Waals surface area contributed by atoms with E-state index in [2.05, 4.69) is 10.1 Å². The highest BCUT2D eigenvalue weighted by molar-refractivity contribution is 5.96. The van der Waals surface area contributed by atoms with E-state index in [1.54, 1.807) is 6.07 Å². The molecule has 0 aromatic heterocycles. The monoisotopic (exact) mass is 250 g/mol. The van der Waals surface area contributed by atoms with E-state index in [4.69, 9.17) is 5.73 Å². The highest BCUT2D eigenvalue weighted by Gasteiger charge is 2.11. The summed E-state index contributed by atoms with van der Waals surface area (Å²) in [6, 6.07) is 3.52. The second-order valence-electron chi connectivity index (χ2n) is 4.11. The van der Waals surface area contributed by atoms with Crippen LogP contribution < -0.4 is 11.1 Å². The number of methoxy groups -OCH3 is 1. The number of nitrogens with one attached hydrogen (secondary N) is 1. The maximum atomic E-state index is 11.9. The van der Waals surface area contributed by atoms with Gasteiger partial charge < -0.3 is 15.8 Å². The number of rotatable bonds is 4. The van der Waals surface area contributed by atoms with Gasteiger partial charge in [-0.25, -0.2) is 0 Å². The lowest BCUT2D eigenvalue weighted by Gasteiger charge is -2.10. The van der Waals surface area contributed by atoms with Crippen LogP contribution in [0.3, 0.4) is 0 Å². The minimum absolute atomic E-state index is 0.155. The number of amides is 1. The third-order valence-electron chi connectivity index (χ3n) is 2.70. The molecular weight excluding hydrogens is 232 g/mol. The van der Waals surface area contributed by atoms with Gasteiger partial charge in [0.2, 0.25) is 0 Å². The Kier molecular flexibility index (Phi) is 4.71. The molecule has 5 nitrogen and oxygen atoms in total. The number of nitrogen functional groups attached to an aromatic ring is 1. The molecule has 0 unspecified atom stereocenters. The predicted octanol–water partition coefficient (Wildman–Crippen LogP) is 1.18. The summed E-state index contributed by atoms with van der Waals surface area (Å²) in [5.41, 5.74) is 8.69. The van der Waals surface area contributed by atoms with E-state index in [1.807, 2.05) is 19.9 Å². The molecule has 0 aliphatic rings. The van der Waals surface area contributed by atoms with Gasteiger partial charge >= 0.3 is 5.97 Å². The number of hydrogen-bond donors (Lipinski definition) is 2. The van der Waals surface area contributed by atoms with E-state index in [1.165, 1.54) is 7.11 Å². The van der Waals surface area contributed by atoms with Crippen LogP contribution in [-0.4, -0.2) is 25.5 Å². The molecule has 0 fully saturated rings. The largest absolute Gasteiger partial charge is 0.469 e. The van der Waals surface area contributed by atoms with E-state index in [0.29, 0.717) is 11.3 Å². The van der Waals surface area contributed by atoms with Crippen LogP contribution >= 0.6 is 0 Å². The van der Waals surface area contributed by atoms with Crippen molar-refractivity contribution < 1.29 is 14.3 Å². The summed E-state index contributed by atoms with van der Waals surface area (Å²) in [4.78, 5) is 22.8. The number of nitrogens with two attached hydrogens (primary N) is 1. The average molecular weight is 250 g/mol. The Hall–Kier alpha value is -2.04. The summed E-state index contributed by atoms with van der Waals surface area (Å²) in [6.45, 7) is 3.99. The molecule has 1 amide bonds. The fraction of sp³-hybridized carbons (Fsp3) is 0.385. The van der Waals surface area contributed by atoms with Crippen LogP contribution in [0.1, 0.15) is 27.9 Å². The summed E-state index contributed by atoms with van der Waals surface area (Å²) in [5, 5.41) is 2.66. The third-order valence-corrected chi connectivity index (χ3v) is 2.70. The first-order chi connectivity index (χ1) is 8.45. The lowest BCUT2D eigenvalue weighted by molar-refractivity contribution is -0.140. The lowest BCUT2D eigenvalue weighted by atomic mass is 10.0. The zero-order valence-corrected chi connectivity index (χ0v) is 10.9. The van der Waals surface area contributed by atoms with Gasteiger partial charge in [0.1, 0.15) is 0 Å². The van der Waals surface area contributed by atoms with E-state index in [0.717, 1.165) is 11.1 Å². The number of carbonyl (C=O) groups excluding carboxylic acids is 2. The molecule has 0 heterocycles. The first kappa shape index (κ1) is 14.0. The summed E-state index contributed by atoms with van der Waals surface area (Å²) < 4.78 is 4.49. The molecule has 1 rings (SSSR count).